The van der Waals surface area contributed by atoms with Gasteiger partial charge in [0.25, 0.3) is 0 Å². The highest BCUT2D eigenvalue weighted by molar-refractivity contribution is 8.00. The van der Waals surface area contributed by atoms with Crippen LogP contribution in [0.15, 0.2) is 18.5 Å². The van der Waals surface area contributed by atoms with Crippen LogP contribution in [0.25, 0.3) is 0 Å². The molecule has 0 saturated carbocycles. The number of hydrogen-bond donors (Lipinski definition) is 2. The van der Waals surface area contributed by atoms with Gasteiger partial charge in [-0.25, -0.2) is 0 Å². The maximum Gasteiger partial charge on any atom is 0.230 e. The predicted molar refractivity (Wildman–Crippen MR) is 79.2 cm³/mol. The van der Waals surface area contributed by atoms with Crippen LogP contribution in [-0.4, -0.2) is 35.0 Å². The zero-order valence-corrected chi connectivity index (χ0v) is 12.1. The molecule has 5 heteroatoms. The van der Waals surface area contributed by atoms with Crippen LogP contribution >= 0.6 is 11.8 Å². The summed E-state index contributed by atoms with van der Waals surface area (Å²) in [5.74, 6) is 0.689. The lowest BCUT2D eigenvalue weighted by Gasteiger charge is -2.21. The van der Waals surface area contributed by atoms with E-state index in [0.29, 0.717) is 17.5 Å². The molecule has 4 nitrogen and oxygen atoms in total. The van der Waals surface area contributed by atoms with Crippen molar-refractivity contribution in [1.82, 2.24) is 15.6 Å². The third kappa shape index (κ3) is 4.84. The van der Waals surface area contributed by atoms with E-state index in [1.807, 2.05) is 19.2 Å². The third-order valence-electron chi connectivity index (χ3n) is 3.35. The molecule has 104 valence electrons. The van der Waals surface area contributed by atoms with Gasteiger partial charge >= 0.3 is 0 Å². The fourth-order valence-corrected chi connectivity index (χ4v) is 3.16. The van der Waals surface area contributed by atoms with Crippen LogP contribution in [0.4, 0.5) is 0 Å². The number of amides is 1. The highest BCUT2D eigenvalue weighted by Gasteiger charge is 2.14. The quantitative estimate of drug-likeness (QED) is 0.857. The van der Waals surface area contributed by atoms with Gasteiger partial charge in [-0.15, -0.1) is 11.8 Å². The molecule has 1 amide bonds. The van der Waals surface area contributed by atoms with E-state index in [4.69, 9.17) is 0 Å². The number of nitrogens with one attached hydrogen (secondary N) is 2. The lowest BCUT2D eigenvalue weighted by molar-refractivity contribution is -0.118. The Bertz CT molecular complexity index is 419. The maximum absolute atomic E-state index is 11.8. The van der Waals surface area contributed by atoms with Crippen molar-refractivity contribution in [2.45, 2.75) is 31.6 Å². The SMILES string of the molecule is Cc1cnccc1CNC(=O)CSC1CCNCC1. The van der Waals surface area contributed by atoms with Gasteiger partial charge in [-0.05, 0) is 50.0 Å². The van der Waals surface area contributed by atoms with Gasteiger partial charge in [-0.1, -0.05) is 0 Å². The fraction of sp³-hybridized carbons (Fsp3) is 0.571. The molecule has 1 saturated heterocycles. The number of thioether (sulfide) groups is 1. The molecule has 1 aliphatic heterocycles. The van der Waals surface area contributed by atoms with Crippen LogP contribution in [0.5, 0.6) is 0 Å². The molecule has 0 atom stereocenters. The topological polar surface area (TPSA) is 54.0 Å². The smallest absolute Gasteiger partial charge is 0.230 e. The summed E-state index contributed by atoms with van der Waals surface area (Å²) >= 11 is 1.78. The standard InChI is InChI=1S/C14H21N3OS/c1-11-8-16-5-2-12(11)9-17-14(18)10-19-13-3-6-15-7-4-13/h2,5,8,13,15H,3-4,6-7,9-10H2,1H3,(H,17,18). The summed E-state index contributed by atoms with van der Waals surface area (Å²) in [5.41, 5.74) is 2.25. The van der Waals surface area contributed by atoms with E-state index in [-0.39, 0.29) is 5.91 Å². The first kappa shape index (κ1) is 14.3. The van der Waals surface area contributed by atoms with Crippen LogP contribution in [0.3, 0.4) is 0 Å². The Balaban J connectivity index is 1.68. The minimum atomic E-state index is 0.125. The summed E-state index contributed by atoms with van der Waals surface area (Å²) in [4.78, 5) is 15.9. The van der Waals surface area contributed by atoms with Gasteiger partial charge in [0.1, 0.15) is 0 Å². The molecule has 1 aromatic heterocycles. The Morgan fingerprint density at radius 3 is 3.05 bits per heavy atom. The number of aryl methyl sites for hydroxylation is 1. The molecule has 0 aromatic carbocycles. The lowest BCUT2D eigenvalue weighted by Crippen LogP contribution is -2.31. The van der Waals surface area contributed by atoms with E-state index in [0.717, 1.165) is 24.2 Å². The van der Waals surface area contributed by atoms with Gasteiger partial charge in [0.05, 0.1) is 5.75 Å². The van der Waals surface area contributed by atoms with E-state index in [9.17, 15) is 4.79 Å². The van der Waals surface area contributed by atoms with Crippen molar-refractivity contribution in [2.24, 2.45) is 0 Å². The Hall–Kier alpha value is -1.07. The Kier molecular flexibility index (Phi) is 5.66. The number of pyridine rings is 1. The predicted octanol–water partition coefficient (Wildman–Crippen LogP) is 1.49. The molecule has 0 radical (unpaired) electrons. The number of piperidine rings is 1. The van der Waals surface area contributed by atoms with Crippen LogP contribution in [0.2, 0.25) is 0 Å². The Labute approximate surface area is 118 Å². The van der Waals surface area contributed by atoms with E-state index in [2.05, 4.69) is 15.6 Å². The number of aromatic nitrogens is 1. The van der Waals surface area contributed by atoms with E-state index >= 15 is 0 Å². The zero-order valence-electron chi connectivity index (χ0n) is 11.3. The Morgan fingerprint density at radius 1 is 1.53 bits per heavy atom. The second-order valence-corrected chi connectivity index (χ2v) is 6.13. The molecule has 1 aliphatic rings. The van der Waals surface area contributed by atoms with Crippen molar-refractivity contribution in [1.29, 1.82) is 0 Å². The van der Waals surface area contributed by atoms with Crippen molar-refractivity contribution in [3.63, 3.8) is 0 Å². The second kappa shape index (κ2) is 7.50. The monoisotopic (exact) mass is 279 g/mol. The maximum atomic E-state index is 11.8. The molecule has 0 bridgehead atoms. The Morgan fingerprint density at radius 2 is 2.32 bits per heavy atom. The lowest BCUT2D eigenvalue weighted by atomic mass is 10.1. The van der Waals surface area contributed by atoms with Crippen molar-refractivity contribution >= 4 is 17.7 Å². The van der Waals surface area contributed by atoms with Gasteiger partial charge < -0.3 is 10.6 Å². The molecule has 0 aliphatic carbocycles. The largest absolute Gasteiger partial charge is 0.351 e. The van der Waals surface area contributed by atoms with Gasteiger partial charge in [-0.3, -0.25) is 9.78 Å². The number of nitrogens with zero attached hydrogens (tertiary/aromatic N) is 1. The molecule has 0 spiro atoms. The summed E-state index contributed by atoms with van der Waals surface area (Å²) in [5, 5.41) is 6.95. The average molecular weight is 279 g/mol. The van der Waals surface area contributed by atoms with Crippen LogP contribution in [0, 0.1) is 6.92 Å². The number of rotatable bonds is 5. The number of carbonyl (C=O) groups is 1. The van der Waals surface area contributed by atoms with Crippen LogP contribution in [-0.2, 0) is 11.3 Å². The first-order chi connectivity index (χ1) is 9.25. The molecule has 19 heavy (non-hydrogen) atoms. The fourth-order valence-electron chi connectivity index (χ4n) is 2.10. The van der Waals surface area contributed by atoms with Crippen molar-refractivity contribution in [2.75, 3.05) is 18.8 Å². The second-order valence-electron chi connectivity index (χ2n) is 4.84. The van der Waals surface area contributed by atoms with Crippen LogP contribution < -0.4 is 10.6 Å². The summed E-state index contributed by atoms with van der Waals surface area (Å²) in [6.07, 6.45) is 5.92. The third-order valence-corrected chi connectivity index (χ3v) is 4.72. The van der Waals surface area contributed by atoms with Crippen molar-refractivity contribution in [3.05, 3.63) is 29.6 Å². The molecule has 2 rings (SSSR count). The summed E-state index contributed by atoms with van der Waals surface area (Å²) in [6, 6.07) is 1.95. The van der Waals surface area contributed by atoms with E-state index in [1.54, 1.807) is 18.0 Å². The molecule has 2 N–H and O–H groups in total. The summed E-state index contributed by atoms with van der Waals surface area (Å²) in [7, 11) is 0. The summed E-state index contributed by atoms with van der Waals surface area (Å²) in [6.45, 7) is 4.77. The van der Waals surface area contributed by atoms with Crippen LogP contribution in [0.1, 0.15) is 24.0 Å². The van der Waals surface area contributed by atoms with Gasteiger partial charge in [0.15, 0.2) is 0 Å². The average Bonchev–Trinajstić information content (AvgIpc) is 2.45. The molecular weight excluding hydrogens is 258 g/mol. The highest BCUT2D eigenvalue weighted by Crippen LogP contribution is 2.19. The van der Waals surface area contributed by atoms with Gasteiger partial charge in [0, 0.05) is 24.2 Å². The highest BCUT2D eigenvalue weighted by atomic mass is 32.2. The molecular formula is C14H21N3OS. The first-order valence-corrected chi connectivity index (χ1v) is 7.79. The van der Waals surface area contributed by atoms with E-state index in [1.165, 1.54) is 12.8 Å². The molecule has 2 heterocycles. The zero-order chi connectivity index (χ0) is 13.5. The van der Waals surface area contributed by atoms with Gasteiger partial charge in [-0.2, -0.15) is 0 Å². The van der Waals surface area contributed by atoms with E-state index < -0.39 is 0 Å². The first-order valence-electron chi connectivity index (χ1n) is 6.74. The minimum Gasteiger partial charge on any atom is -0.351 e. The molecule has 1 aromatic rings. The molecule has 1 fully saturated rings. The number of hydrogen-bond acceptors (Lipinski definition) is 4. The van der Waals surface area contributed by atoms with Crippen molar-refractivity contribution < 1.29 is 4.79 Å². The normalized spacial score (nSPS) is 16.3. The van der Waals surface area contributed by atoms with Gasteiger partial charge in [0.2, 0.25) is 5.91 Å². The minimum absolute atomic E-state index is 0.125. The van der Waals surface area contributed by atoms with Crippen molar-refractivity contribution in [3.8, 4) is 0 Å². The molecule has 0 unspecified atom stereocenters. The summed E-state index contributed by atoms with van der Waals surface area (Å²) < 4.78 is 0. The number of carbonyl (C=O) groups excluding carboxylic acids is 1.